The van der Waals surface area contributed by atoms with Gasteiger partial charge in [0.15, 0.2) is 0 Å². The van der Waals surface area contributed by atoms with E-state index in [-0.39, 0.29) is 17.6 Å². The first kappa shape index (κ1) is 28.1. The summed E-state index contributed by atoms with van der Waals surface area (Å²) in [5, 5.41) is 1.96. The number of likely N-dealkylation sites (tertiary alicyclic amines) is 1. The number of likely N-dealkylation sites (N-methyl/N-ethyl adjacent to an activating group) is 1. The molecule has 0 spiro atoms. The number of nitrogens with zero attached hydrogens (tertiary/aromatic N) is 4. The van der Waals surface area contributed by atoms with E-state index >= 15 is 0 Å². The molecule has 0 bridgehead atoms. The van der Waals surface area contributed by atoms with Crippen molar-refractivity contribution in [1.82, 2.24) is 14.8 Å². The molecule has 0 N–H and O–H groups in total. The lowest BCUT2D eigenvalue weighted by atomic mass is 10.00. The second-order valence-electron chi connectivity index (χ2n) is 10.8. The maximum absolute atomic E-state index is 14.5. The second kappa shape index (κ2) is 12.1. The third kappa shape index (κ3) is 7.26. The predicted molar refractivity (Wildman–Crippen MR) is 141 cm³/mol. The van der Waals surface area contributed by atoms with Crippen LogP contribution < -0.4 is 4.90 Å². The Morgan fingerprint density at radius 1 is 1.14 bits per heavy atom. The molecule has 0 saturated carbocycles. The molecular formula is C27H39FN4O3S. The van der Waals surface area contributed by atoms with Gasteiger partial charge in [-0.25, -0.2) is 14.2 Å². The van der Waals surface area contributed by atoms with Crippen molar-refractivity contribution in [2.45, 2.75) is 78.1 Å². The number of amides is 2. The van der Waals surface area contributed by atoms with E-state index in [4.69, 9.17) is 4.74 Å². The number of hydrogen-bond donors (Lipinski definition) is 0. The van der Waals surface area contributed by atoms with Crippen LogP contribution in [0.2, 0.25) is 0 Å². The first-order chi connectivity index (χ1) is 17.0. The van der Waals surface area contributed by atoms with Crippen LogP contribution in [0.15, 0.2) is 35.2 Å². The average Bonchev–Trinajstić information content (AvgIpc) is 3.34. The Morgan fingerprint density at radius 2 is 1.78 bits per heavy atom. The Balaban J connectivity index is 2.09. The van der Waals surface area contributed by atoms with Crippen LogP contribution in [0, 0.1) is 11.7 Å². The number of aromatic nitrogens is 1. The quantitative estimate of drug-likeness (QED) is 0.424. The van der Waals surface area contributed by atoms with Crippen LogP contribution >= 0.6 is 11.3 Å². The van der Waals surface area contributed by atoms with Gasteiger partial charge in [0.25, 0.3) is 5.91 Å². The van der Waals surface area contributed by atoms with Crippen molar-refractivity contribution < 1.29 is 18.7 Å². The molecule has 7 nitrogen and oxygen atoms in total. The van der Waals surface area contributed by atoms with E-state index < -0.39 is 23.9 Å². The summed E-state index contributed by atoms with van der Waals surface area (Å²) in [4.78, 5) is 37.5. The van der Waals surface area contributed by atoms with Crippen molar-refractivity contribution in [2.24, 2.45) is 5.92 Å². The van der Waals surface area contributed by atoms with Crippen LogP contribution in [0.25, 0.3) is 0 Å². The summed E-state index contributed by atoms with van der Waals surface area (Å²) in [6.07, 6.45) is 2.64. The summed E-state index contributed by atoms with van der Waals surface area (Å²) < 4.78 is 19.5. The zero-order valence-corrected chi connectivity index (χ0v) is 23.1. The van der Waals surface area contributed by atoms with E-state index in [0.717, 1.165) is 38.0 Å². The van der Waals surface area contributed by atoms with Crippen LogP contribution in [0.3, 0.4) is 0 Å². The van der Waals surface area contributed by atoms with Gasteiger partial charge in [0.2, 0.25) is 0 Å². The number of rotatable bonds is 8. The maximum atomic E-state index is 14.5. The Bertz CT molecular complexity index is 985. The summed E-state index contributed by atoms with van der Waals surface area (Å²) >= 11 is 1.47. The van der Waals surface area contributed by atoms with E-state index in [2.05, 4.69) is 9.88 Å². The van der Waals surface area contributed by atoms with Crippen LogP contribution in [-0.4, -0.2) is 58.6 Å². The zero-order valence-electron chi connectivity index (χ0n) is 22.2. The molecule has 9 heteroatoms. The van der Waals surface area contributed by atoms with Crippen LogP contribution in [0.4, 0.5) is 14.9 Å². The number of carbonyl (C=O) groups excluding carboxylic acids is 2. The molecule has 3 rings (SSSR count). The molecule has 1 aliphatic heterocycles. The summed E-state index contributed by atoms with van der Waals surface area (Å²) in [7, 11) is 1.61. The summed E-state index contributed by atoms with van der Waals surface area (Å²) in [5.74, 6) is -0.474. The Kier molecular flexibility index (Phi) is 9.47. The minimum absolute atomic E-state index is 0.145. The first-order valence-corrected chi connectivity index (χ1v) is 13.6. The van der Waals surface area contributed by atoms with Gasteiger partial charge in [0.05, 0.1) is 11.2 Å². The third-order valence-corrected chi connectivity index (χ3v) is 6.77. The highest BCUT2D eigenvalue weighted by Crippen LogP contribution is 2.34. The molecule has 2 unspecified atom stereocenters. The molecule has 198 valence electrons. The largest absolute Gasteiger partial charge is 0.444 e. The Labute approximate surface area is 218 Å². The lowest BCUT2D eigenvalue weighted by molar-refractivity contribution is -0.125. The summed E-state index contributed by atoms with van der Waals surface area (Å²) in [5.41, 5.74) is 2.40. The lowest BCUT2D eigenvalue weighted by Gasteiger charge is -2.43. The molecule has 1 aromatic heterocycles. The highest BCUT2D eigenvalue weighted by Gasteiger charge is 2.40. The topological polar surface area (TPSA) is 66.0 Å². The second-order valence-corrected chi connectivity index (χ2v) is 11.5. The van der Waals surface area contributed by atoms with Gasteiger partial charge < -0.3 is 4.74 Å². The fourth-order valence-electron chi connectivity index (χ4n) is 4.48. The first-order valence-electron chi connectivity index (χ1n) is 12.6. The molecule has 2 atom stereocenters. The molecule has 2 amide bonds. The molecule has 1 aliphatic rings. The van der Waals surface area contributed by atoms with Crippen molar-refractivity contribution in [2.75, 3.05) is 25.0 Å². The van der Waals surface area contributed by atoms with Crippen LogP contribution in [0.5, 0.6) is 0 Å². The van der Waals surface area contributed by atoms with Gasteiger partial charge in [-0.1, -0.05) is 20.3 Å². The normalized spacial score (nSPS) is 16.4. The van der Waals surface area contributed by atoms with Gasteiger partial charge in [-0.2, -0.15) is 0 Å². The standard InChI is InChI=1S/C27H39FN4O3S/c1-19(2)16-23(30(6)26(34)35-27(3,4)5)25(33)32(21-12-10-20(28)11-13-21)24(22-17-36-18-29-22)31-14-8-7-9-15-31/h10-13,17-19,23-24H,7-9,14-16H2,1-6H3. The van der Waals surface area contributed by atoms with Crippen LogP contribution in [-0.2, 0) is 9.53 Å². The zero-order chi connectivity index (χ0) is 26.5. The highest BCUT2D eigenvalue weighted by molar-refractivity contribution is 7.07. The summed E-state index contributed by atoms with van der Waals surface area (Å²) in [6.45, 7) is 11.1. The minimum Gasteiger partial charge on any atom is -0.444 e. The van der Waals surface area contributed by atoms with Gasteiger partial charge in [-0.05, 0) is 70.2 Å². The average molecular weight is 519 g/mol. The number of halogens is 1. The van der Waals surface area contributed by atoms with Gasteiger partial charge >= 0.3 is 6.09 Å². The van der Waals surface area contributed by atoms with Gasteiger partial charge in [-0.15, -0.1) is 11.3 Å². The van der Waals surface area contributed by atoms with E-state index in [1.54, 1.807) is 50.4 Å². The van der Waals surface area contributed by atoms with Crippen LogP contribution in [0.1, 0.15) is 72.2 Å². The maximum Gasteiger partial charge on any atom is 0.410 e. The third-order valence-electron chi connectivity index (χ3n) is 6.17. The van der Waals surface area contributed by atoms with E-state index in [1.807, 2.05) is 19.2 Å². The number of hydrogen-bond acceptors (Lipinski definition) is 6. The molecule has 2 heterocycles. The van der Waals surface area contributed by atoms with E-state index in [0.29, 0.717) is 12.1 Å². The highest BCUT2D eigenvalue weighted by atomic mass is 32.1. The van der Waals surface area contributed by atoms with Crippen molar-refractivity contribution in [3.05, 3.63) is 46.7 Å². The molecule has 2 aromatic rings. The predicted octanol–water partition coefficient (Wildman–Crippen LogP) is 6.08. The number of benzene rings is 1. The number of piperidine rings is 1. The van der Waals surface area contributed by atoms with Crippen molar-refractivity contribution in [1.29, 1.82) is 0 Å². The van der Waals surface area contributed by atoms with Gasteiger partial charge in [0, 0.05) is 31.2 Å². The Hall–Kier alpha value is -2.52. The Morgan fingerprint density at radius 3 is 2.31 bits per heavy atom. The number of carbonyl (C=O) groups is 2. The molecule has 0 radical (unpaired) electrons. The smallest absolute Gasteiger partial charge is 0.410 e. The van der Waals surface area contributed by atoms with Gasteiger partial charge in [-0.3, -0.25) is 19.5 Å². The van der Waals surface area contributed by atoms with Crippen molar-refractivity contribution >= 4 is 29.0 Å². The fraction of sp³-hybridized carbons (Fsp3) is 0.593. The number of thiazole rings is 1. The van der Waals surface area contributed by atoms with Gasteiger partial charge in [0.1, 0.15) is 23.6 Å². The fourth-order valence-corrected chi connectivity index (χ4v) is 5.04. The SMILES string of the molecule is CC(C)CC(C(=O)N(c1ccc(F)cc1)C(c1cscn1)N1CCCCC1)N(C)C(=O)OC(C)(C)C. The van der Waals surface area contributed by atoms with E-state index in [9.17, 15) is 14.0 Å². The van der Waals surface area contributed by atoms with Crippen molar-refractivity contribution in [3.8, 4) is 0 Å². The minimum atomic E-state index is -0.768. The molecule has 1 fully saturated rings. The lowest BCUT2D eigenvalue weighted by Crippen LogP contribution is -2.55. The molecule has 0 aliphatic carbocycles. The molecule has 1 aromatic carbocycles. The van der Waals surface area contributed by atoms with E-state index in [1.165, 1.54) is 28.4 Å². The summed E-state index contributed by atoms with van der Waals surface area (Å²) in [6, 6.07) is 5.20. The number of anilines is 1. The number of ether oxygens (including phenoxy) is 1. The molecule has 36 heavy (non-hydrogen) atoms. The monoisotopic (exact) mass is 518 g/mol. The van der Waals surface area contributed by atoms with Crippen molar-refractivity contribution in [3.63, 3.8) is 0 Å². The molecular weight excluding hydrogens is 479 g/mol. The molecule has 1 saturated heterocycles.